The molecule has 0 aliphatic rings. The summed E-state index contributed by atoms with van der Waals surface area (Å²) in [5.74, 6) is 0.700. The Morgan fingerprint density at radius 2 is 1.77 bits per heavy atom. The minimum Gasteiger partial charge on any atom is -0.456 e. The number of nitrogens with zero attached hydrogens (tertiary/aromatic N) is 1. The van der Waals surface area contributed by atoms with Crippen molar-refractivity contribution in [1.29, 1.82) is 0 Å². The zero-order valence-electron chi connectivity index (χ0n) is 12.6. The number of primary sulfonamides is 1. The molecule has 1 aromatic carbocycles. The molecular formula is C15H18N2O4S. The van der Waals surface area contributed by atoms with Gasteiger partial charge < -0.3 is 9.32 Å². The number of aryl methyl sites for hydroxylation is 1. The van der Waals surface area contributed by atoms with Crippen LogP contribution in [0, 0.1) is 6.92 Å². The number of hydrogen-bond acceptors (Lipinski definition) is 4. The lowest BCUT2D eigenvalue weighted by Crippen LogP contribution is -2.29. The molecule has 0 spiro atoms. The van der Waals surface area contributed by atoms with E-state index in [1.165, 1.54) is 17.0 Å². The molecule has 0 saturated heterocycles. The highest BCUT2D eigenvalue weighted by molar-refractivity contribution is 7.89. The maximum atomic E-state index is 12.3. The highest BCUT2D eigenvalue weighted by Crippen LogP contribution is 2.22. The maximum Gasteiger partial charge on any atom is 0.289 e. The zero-order valence-corrected chi connectivity index (χ0v) is 13.4. The first-order chi connectivity index (χ1) is 10.2. The Hall–Kier alpha value is -2.12. The summed E-state index contributed by atoms with van der Waals surface area (Å²) in [5.41, 5.74) is 0.798. The van der Waals surface area contributed by atoms with Crippen molar-refractivity contribution >= 4 is 15.9 Å². The number of furan rings is 1. The third kappa shape index (κ3) is 3.37. The summed E-state index contributed by atoms with van der Waals surface area (Å²) in [6.07, 6.45) is 0. The highest BCUT2D eigenvalue weighted by atomic mass is 32.2. The van der Waals surface area contributed by atoms with Crippen LogP contribution in [-0.4, -0.2) is 26.3 Å². The van der Waals surface area contributed by atoms with E-state index in [2.05, 4.69) is 0 Å². The van der Waals surface area contributed by atoms with Gasteiger partial charge in [-0.1, -0.05) is 12.1 Å². The summed E-state index contributed by atoms with van der Waals surface area (Å²) >= 11 is 0. The molecule has 2 N–H and O–H groups in total. The number of carbonyl (C=O) groups excluding carboxylic acids is 1. The Bertz CT molecular complexity index is 778. The molecule has 2 rings (SSSR count). The van der Waals surface area contributed by atoms with Crippen molar-refractivity contribution in [2.24, 2.45) is 5.14 Å². The molecule has 22 heavy (non-hydrogen) atoms. The van der Waals surface area contributed by atoms with Crippen molar-refractivity contribution in [2.75, 3.05) is 7.05 Å². The molecule has 6 nitrogen and oxygen atoms in total. The van der Waals surface area contributed by atoms with E-state index in [1.54, 1.807) is 38.2 Å². The summed E-state index contributed by atoms with van der Waals surface area (Å²) < 4.78 is 27.8. The number of amides is 1. The Morgan fingerprint density at radius 1 is 1.18 bits per heavy atom. The molecule has 7 heteroatoms. The van der Waals surface area contributed by atoms with Gasteiger partial charge in [-0.15, -0.1) is 0 Å². The molecule has 2 aromatic rings. The molecule has 1 amide bonds. The van der Waals surface area contributed by atoms with Crippen molar-refractivity contribution in [3.8, 4) is 0 Å². The van der Waals surface area contributed by atoms with Gasteiger partial charge in [0, 0.05) is 7.05 Å². The van der Waals surface area contributed by atoms with Crippen molar-refractivity contribution < 1.29 is 17.6 Å². The van der Waals surface area contributed by atoms with Gasteiger partial charge in [-0.2, -0.15) is 0 Å². The molecule has 0 aliphatic heterocycles. The van der Waals surface area contributed by atoms with E-state index in [0.29, 0.717) is 5.76 Å². The number of benzene rings is 1. The van der Waals surface area contributed by atoms with Gasteiger partial charge in [-0.05, 0) is 43.7 Å². The molecule has 1 atom stereocenters. The third-order valence-electron chi connectivity index (χ3n) is 3.54. The van der Waals surface area contributed by atoms with Gasteiger partial charge in [0.25, 0.3) is 5.91 Å². The van der Waals surface area contributed by atoms with E-state index in [9.17, 15) is 13.2 Å². The summed E-state index contributed by atoms with van der Waals surface area (Å²) in [7, 11) is -2.05. The minimum absolute atomic E-state index is 0.0408. The van der Waals surface area contributed by atoms with Crippen molar-refractivity contribution in [3.63, 3.8) is 0 Å². The van der Waals surface area contributed by atoms with Gasteiger partial charge in [0.2, 0.25) is 10.0 Å². The van der Waals surface area contributed by atoms with Crippen LogP contribution in [0.5, 0.6) is 0 Å². The fourth-order valence-corrected chi connectivity index (χ4v) is 2.57. The van der Waals surface area contributed by atoms with Crippen molar-refractivity contribution in [1.82, 2.24) is 4.90 Å². The SMILES string of the molecule is Cc1ccc(C(=O)N(C)[C@@H](C)c2ccc(S(N)(=O)=O)cc2)o1. The summed E-state index contributed by atoms with van der Waals surface area (Å²) in [6, 6.07) is 9.25. The van der Waals surface area contributed by atoms with Crippen LogP contribution in [-0.2, 0) is 10.0 Å². The lowest BCUT2D eigenvalue weighted by molar-refractivity contribution is 0.0709. The second-order valence-corrected chi connectivity index (χ2v) is 6.68. The van der Waals surface area contributed by atoms with Crippen LogP contribution in [0.3, 0.4) is 0 Å². The highest BCUT2D eigenvalue weighted by Gasteiger charge is 2.21. The van der Waals surface area contributed by atoms with E-state index < -0.39 is 10.0 Å². The third-order valence-corrected chi connectivity index (χ3v) is 4.47. The van der Waals surface area contributed by atoms with E-state index in [1.807, 2.05) is 6.92 Å². The molecule has 0 unspecified atom stereocenters. The van der Waals surface area contributed by atoms with Crippen LogP contribution in [0.1, 0.15) is 34.8 Å². The van der Waals surface area contributed by atoms with Crippen LogP contribution in [0.4, 0.5) is 0 Å². The molecule has 0 radical (unpaired) electrons. The van der Waals surface area contributed by atoms with Gasteiger partial charge >= 0.3 is 0 Å². The van der Waals surface area contributed by atoms with E-state index in [-0.39, 0.29) is 22.6 Å². The average Bonchev–Trinajstić information content (AvgIpc) is 2.90. The smallest absolute Gasteiger partial charge is 0.289 e. The zero-order chi connectivity index (χ0) is 16.5. The normalized spacial score (nSPS) is 12.9. The first-order valence-corrected chi connectivity index (χ1v) is 8.21. The average molecular weight is 322 g/mol. The molecule has 118 valence electrons. The lowest BCUT2D eigenvalue weighted by atomic mass is 10.1. The van der Waals surface area contributed by atoms with Crippen LogP contribution in [0.15, 0.2) is 45.7 Å². The minimum atomic E-state index is -3.72. The van der Waals surface area contributed by atoms with E-state index >= 15 is 0 Å². The van der Waals surface area contributed by atoms with Crippen LogP contribution < -0.4 is 5.14 Å². The predicted molar refractivity (Wildman–Crippen MR) is 81.8 cm³/mol. The monoisotopic (exact) mass is 322 g/mol. The second kappa shape index (κ2) is 5.94. The van der Waals surface area contributed by atoms with Gasteiger partial charge in [0.15, 0.2) is 5.76 Å². The molecule has 1 aromatic heterocycles. The van der Waals surface area contributed by atoms with Crippen LogP contribution in [0.25, 0.3) is 0 Å². The summed E-state index contributed by atoms with van der Waals surface area (Å²) in [5, 5.41) is 5.06. The standard InChI is InChI=1S/C15H18N2O4S/c1-10-4-9-14(21-10)15(18)17(3)11(2)12-5-7-13(8-6-12)22(16,19)20/h4-9,11H,1-3H3,(H2,16,19,20)/t11-/m0/s1. The molecule has 0 bridgehead atoms. The van der Waals surface area contributed by atoms with E-state index in [4.69, 9.17) is 9.56 Å². The predicted octanol–water partition coefficient (Wildman–Crippen LogP) is 2.07. The molecule has 1 heterocycles. The van der Waals surface area contributed by atoms with Crippen LogP contribution in [0.2, 0.25) is 0 Å². The Balaban J connectivity index is 2.20. The van der Waals surface area contributed by atoms with E-state index in [0.717, 1.165) is 5.56 Å². The second-order valence-electron chi connectivity index (χ2n) is 5.12. The number of hydrogen-bond donors (Lipinski definition) is 1. The van der Waals surface area contributed by atoms with Gasteiger partial charge in [-0.25, -0.2) is 13.6 Å². The molecule has 0 fully saturated rings. The number of nitrogens with two attached hydrogens (primary N) is 1. The van der Waals surface area contributed by atoms with Crippen LogP contribution >= 0.6 is 0 Å². The fourth-order valence-electron chi connectivity index (χ4n) is 2.06. The molecular weight excluding hydrogens is 304 g/mol. The van der Waals surface area contributed by atoms with Crippen molar-refractivity contribution in [2.45, 2.75) is 24.8 Å². The number of rotatable bonds is 4. The Labute approximate surface area is 129 Å². The number of carbonyl (C=O) groups is 1. The quantitative estimate of drug-likeness (QED) is 0.932. The fraction of sp³-hybridized carbons (Fsp3) is 0.267. The van der Waals surface area contributed by atoms with Gasteiger partial charge in [0.1, 0.15) is 5.76 Å². The number of sulfonamides is 1. The Kier molecular flexibility index (Phi) is 4.39. The summed E-state index contributed by atoms with van der Waals surface area (Å²) in [4.78, 5) is 13.9. The lowest BCUT2D eigenvalue weighted by Gasteiger charge is -2.24. The van der Waals surface area contributed by atoms with Crippen molar-refractivity contribution in [3.05, 3.63) is 53.5 Å². The summed E-state index contributed by atoms with van der Waals surface area (Å²) in [6.45, 7) is 3.62. The molecule has 0 aliphatic carbocycles. The van der Waals surface area contributed by atoms with Gasteiger partial charge in [0.05, 0.1) is 10.9 Å². The first-order valence-electron chi connectivity index (χ1n) is 6.66. The maximum absolute atomic E-state index is 12.3. The molecule has 0 saturated carbocycles. The van der Waals surface area contributed by atoms with Gasteiger partial charge in [-0.3, -0.25) is 4.79 Å². The largest absolute Gasteiger partial charge is 0.456 e. The Morgan fingerprint density at radius 3 is 2.23 bits per heavy atom. The first kappa shape index (κ1) is 16.3. The topological polar surface area (TPSA) is 93.6 Å².